The molecule has 0 atom stereocenters. The van der Waals surface area contributed by atoms with Crippen LogP contribution in [0.2, 0.25) is 0 Å². The monoisotopic (exact) mass is 310 g/mol. The molecular weight excluding hydrogens is 284 g/mol. The van der Waals surface area contributed by atoms with E-state index in [2.05, 4.69) is 54.0 Å². The molecule has 0 saturated carbocycles. The SMILES string of the molecule is COCCCN(C)c1nc2sccn2c1CNC(C)(C)C. The Morgan fingerprint density at radius 2 is 2.19 bits per heavy atom. The van der Waals surface area contributed by atoms with Gasteiger partial charge in [0.05, 0.1) is 5.69 Å². The second-order valence-electron chi connectivity index (χ2n) is 6.31. The van der Waals surface area contributed by atoms with Gasteiger partial charge in [-0.15, -0.1) is 11.3 Å². The molecule has 0 amide bonds. The number of anilines is 1. The zero-order chi connectivity index (χ0) is 15.5. The molecule has 2 heterocycles. The standard InChI is InChI=1S/C15H26N4OS/c1-15(2,3)16-11-12-13(18(4)7-6-9-20-5)17-14-19(12)8-10-21-14/h8,10,16H,6-7,9,11H2,1-5H3. The van der Waals surface area contributed by atoms with Gasteiger partial charge < -0.3 is 15.0 Å². The number of ether oxygens (including phenoxy) is 1. The summed E-state index contributed by atoms with van der Waals surface area (Å²) >= 11 is 1.67. The van der Waals surface area contributed by atoms with Gasteiger partial charge in [-0.05, 0) is 27.2 Å². The quantitative estimate of drug-likeness (QED) is 0.799. The maximum atomic E-state index is 5.13. The fourth-order valence-electron chi connectivity index (χ4n) is 2.19. The van der Waals surface area contributed by atoms with Crippen LogP contribution in [-0.2, 0) is 11.3 Å². The lowest BCUT2D eigenvalue weighted by atomic mass is 10.1. The average molecular weight is 310 g/mol. The van der Waals surface area contributed by atoms with Crippen LogP contribution in [0.4, 0.5) is 5.82 Å². The summed E-state index contributed by atoms with van der Waals surface area (Å²) in [6, 6.07) is 0. The van der Waals surface area contributed by atoms with Gasteiger partial charge in [0.15, 0.2) is 10.8 Å². The molecular formula is C15H26N4OS. The van der Waals surface area contributed by atoms with Crippen LogP contribution in [0, 0.1) is 0 Å². The molecule has 5 nitrogen and oxygen atoms in total. The van der Waals surface area contributed by atoms with Crippen LogP contribution in [0.3, 0.4) is 0 Å². The molecule has 118 valence electrons. The van der Waals surface area contributed by atoms with E-state index in [1.807, 2.05) is 0 Å². The number of thiazole rings is 1. The highest BCUT2D eigenvalue weighted by molar-refractivity contribution is 7.15. The largest absolute Gasteiger partial charge is 0.385 e. The molecule has 0 aliphatic carbocycles. The first-order chi connectivity index (χ1) is 9.92. The molecule has 1 N–H and O–H groups in total. The molecule has 6 heteroatoms. The first-order valence-electron chi connectivity index (χ1n) is 7.32. The van der Waals surface area contributed by atoms with E-state index >= 15 is 0 Å². The summed E-state index contributed by atoms with van der Waals surface area (Å²) in [6.45, 7) is 9.08. The lowest BCUT2D eigenvalue weighted by Crippen LogP contribution is -2.36. The van der Waals surface area contributed by atoms with Crippen molar-refractivity contribution in [3.05, 3.63) is 17.3 Å². The number of aromatic nitrogens is 2. The summed E-state index contributed by atoms with van der Waals surface area (Å²) in [5.74, 6) is 1.06. The van der Waals surface area contributed by atoms with Crippen molar-refractivity contribution in [2.75, 3.05) is 32.2 Å². The molecule has 0 unspecified atom stereocenters. The molecule has 0 saturated heterocycles. The van der Waals surface area contributed by atoms with Gasteiger partial charge in [-0.2, -0.15) is 0 Å². The van der Waals surface area contributed by atoms with Gasteiger partial charge in [0.25, 0.3) is 0 Å². The van der Waals surface area contributed by atoms with E-state index < -0.39 is 0 Å². The molecule has 2 aromatic rings. The second kappa shape index (κ2) is 6.77. The third kappa shape index (κ3) is 4.18. The van der Waals surface area contributed by atoms with Gasteiger partial charge in [-0.3, -0.25) is 4.40 Å². The molecule has 0 radical (unpaired) electrons. The van der Waals surface area contributed by atoms with Crippen molar-refractivity contribution in [3.8, 4) is 0 Å². The van der Waals surface area contributed by atoms with Gasteiger partial charge >= 0.3 is 0 Å². The van der Waals surface area contributed by atoms with Crippen LogP contribution in [0.15, 0.2) is 11.6 Å². The molecule has 0 spiro atoms. The predicted octanol–water partition coefficient (Wildman–Crippen LogP) is 2.76. The van der Waals surface area contributed by atoms with E-state index in [4.69, 9.17) is 9.72 Å². The number of fused-ring (bicyclic) bond motifs is 1. The number of hydrogen-bond donors (Lipinski definition) is 1. The van der Waals surface area contributed by atoms with Crippen LogP contribution in [0.1, 0.15) is 32.9 Å². The zero-order valence-electron chi connectivity index (χ0n) is 13.6. The van der Waals surface area contributed by atoms with Crippen LogP contribution in [0.25, 0.3) is 4.96 Å². The number of nitrogens with zero attached hydrogens (tertiary/aromatic N) is 3. The van der Waals surface area contributed by atoms with Gasteiger partial charge in [-0.1, -0.05) is 0 Å². The van der Waals surface area contributed by atoms with Crippen LogP contribution < -0.4 is 10.2 Å². The van der Waals surface area contributed by atoms with Crippen molar-refractivity contribution in [2.45, 2.75) is 39.3 Å². The van der Waals surface area contributed by atoms with E-state index in [9.17, 15) is 0 Å². The normalized spacial score (nSPS) is 12.2. The van der Waals surface area contributed by atoms with E-state index in [-0.39, 0.29) is 5.54 Å². The fraction of sp³-hybridized carbons (Fsp3) is 0.667. The summed E-state index contributed by atoms with van der Waals surface area (Å²) in [4.78, 5) is 8.05. The third-order valence-electron chi connectivity index (χ3n) is 3.33. The van der Waals surface area contributed by atoms with Gasteiger partial charge in [0.2, 0.25) is 0 Å². The lowest BCUT2D eigenvalue weighted by Gasteiger charge is -2.23. The number of hydrogen-bond acceptors (Lipinski definition) is 5. The van der Waals surface area contributed by atoms with Gasteiger partial charge in [0.1, 0.15) is 0 Å². The van der Waals surface area contributed by atoms with Crippen LogP contribution >= 0.6 is 11.3 Å². The fourth-order valence-corrected chi connectivity index (χ4v) is 2.92. The highest BCUT2D eigenvalue weighted by Crippen LogP contribution is 2.24. The summed E-state index contributed by atoms with van der Waals surface area (Å²) in [5, 5.41) is 5.64. The van der Waals surface area contributed by atoms with Crippen LogP contribution in [-0.4, -0.2) is 42.2 Å². The lowest BCUT2D eigenvalue weighted by molar-refractivity contribution is 0.196. The maximum Gasteiger partial charge on any atom is 0.195 e. The zero-order valence-corrected chi connectivity index (χ0v) is 14.5. The molecule has 0 aliphatic rings. The number of rotatable bonds is 7. The number of methoxy groups -OCH3 is 1. The molecule has 21 heavy (non-hydrogen) atoms. The average Bonchev–Trinajstić information content (AvgIpc) is 2.96. The highest BCUT2D eigenvalue weighted by Gasteiger charge is 2.18. The van der Waals surface area contributed by atoms with Crippen molar-refractivity contribution in [3.63, 3.8) is 0 Å². The topological polar surface area (TPSA) is 41.8 Å². The Hall–Kier alpha value is -1.11. The first-order valence-corrected chi connectivity index (χ1v) is 8.20. The third-order valence-corrected chi connectivity index (χ3v) is 4.09. The van der Waals surface area contributed by atoms with Gasteiger partial charge in [-0.25, -0.2) is 4.98 Å². The highest BCUT2D eigenvalue weighted by atomic mass is 32.1. The predicted molar refractivity (Wildman–Crippen MR) is 89.4 cm³/mol. The summed E-state index contributed by atoms with van der Waals surface area (Å²) in [7, 11) is 3.84. The minimum absolute atomic E-state index is 0.0894. The molecule has 0 bridgehead atoms. The molecule has 2 aromatic heterocycles. The summed E-state index contributed by atoms with van der Waals surface area (Å²) < 4.78 is 7.32. The van der Waals surface area contributed by atoms with Crippen molar-refractivity contribution < 1.29 is 4.74 Å². The van der Waals surface area contributed by atoms with Crippen LogP contribution in [0.5, 0.6) is 0 Å². The summed E-state index contributed by atoms with van der Waals surface area (Å²) in [6.07, 6.45) is 3.10. The van der Waals surface area contributed by atoms with E-state index in [1.165, 1.54) is 5.69 Å². The van der Waals surface area contributed by atoms with Crippen molar-refractivity contribution in [2.24, 2.45) is 0 Å². The number of nitrogens with one attached hydrogen (secondary N) is 1. The summed E-state index contributed by atoms with van der Waals surface area (Å²) in [5.41, 5.74) is 1.31. The van der Waals surface area contributed by atoms with Crippen molar-refractivity contribution in [1.82, 2.24) is 14.7 Å². The maximum absolute atomic E-state index is 5.13. The van der Waals surface area contributed by atoms with Crippen molar-refractivity contribution in [1.29, 1.82) is 0 Å². The minimum atomic E-state index is 0.0894. The second-order valence-corrected chi connectivity index (χ2v) is 7.18. The van der Waals surface area contributed by atoms with E-state index in [0.717, 1.165) is 36.9 Å². The Bertz CT molecular complexity index is 570. The molecule has 2 rings (SSSR count). The van der Waals surface area contributed by atoms with E-state index in [0.29, 0.717) is 0 Å². The molecule has 0 aromatic carbocycles. The Kier molecular flexibility index (Phi) is 5.24. The Balaban J connectivity index is 2.19. The smallest absolute Gasteiger partial charge is 0.195 e. The Morgan fingerprint density at radius 3 is 2.86 bits per heavy atom. The minimum Gasteiger partial charge on any atom is -0.385 e. The van der Waals surface area contributed by atoms with Crippen molar-refractivity contribution >= 4 is 22.1 Å². The Labute approximate surface area is 130 Å². The first kappa shape index (κ1) is 16.3. The molecule has 0 fully saturated rings. The van der Waals surface area contributed by atoms with E-state index in [1.54, 1.807) is 18.4 Å². The Morgan fingerprint density at radius 1 is 1.43 bits per heavy atom. The number of imidazole rings is 1. The van der Waals surface area contributed by atoms with Gasteiger partial charge in [0, 0.05) is 51.0 Å². The molecule has 0 aliphatic heterocycles.